The van der Waals surface area contributed by atoms with Crippen molar-refractivity contribution in [1.29, 1.82) is 0 Å². The molecule has 3 N–H and O–H groups in total. The Labute approximate surface area is 127 Å². The van der Waals surface area contributed by atoms with E-state index >= 15 is 0 Å². The molecular weight excluding hydrogens is 292 g/mol. The molecule has 0 saturated heterocycles. The molecule has 1 rings (SSSR count). The number of aliphatic carboxylic acids is 1. The Kier molecular flexibility index (Phi) is 6.74. The molecule has 0 aliphatic rings. The van der Waals surface area contributed by atoms with Crippen LogP contribution in [-0.2, 0) is 9.59 Å². The molecule has 0 aliphatic heterocycles. The van der Waals surface area contributed by atoms with E-state index in [2.05, 4.69) is 10.6 Å². The fourth-order valence-corrected chi connectivity index (χ4v) is 2.15. The van der Waals surface area contributed by atoms with Crippen LogP contribution in [0.5, 0.6) is 0 Å². The monoisotopic (exact) mass is 310 g/mol. The second kappa shape index (κ2) is 8.31. The van der Waals surface area contributed by atoms with Gasteiger partial charge in [0.15, 0.2) is 0 Å². The number of carboxylic acids is 1. The lowest BCUT2D eigenvalue weighted by Crippen LogP contribution is -2.41. The summed E-state index contributed by atoms with van der Waals surface area (Å²) in [5, 5.41) is 14.1. The number of carbonyl (C=O) groups excluding carboxylic acids is 2. The number of carboxylic acid groups (broad SMARTS) is 1. The smallest absolute Gasteiger partial charge is 0.326 e. The summed E-state index contributed by atoms with van der Waals surface area (Å²) >= 11 is 1.52. The van der Waals surface area contributed by atoms with Crippen LogP contribution in [0, 0.1) is 0 Å². The van der Waals surface area contributed by atoms with Crippen molar-refractivity contribution in [3.8, 4) is 0 Å². The summed E-state index contributed by atoms with van der Waals surface area (Å²) < 4.78 is 0. The van der Waals surface area contributed by atoms with Crippen LogP contribution in [0.2, 0.25) is 0 Å². The molecule has 1 aromatic carbocycles. The zero-order valence-corrected chi connectivity index (χ0v) is 12.7. The van der Waals surface area contributed by atoms with Crippen molar-refractivity contribution in [3.63, 3.8) is 0 Å². The molecule has 6 nitrogen and oxygen atoms in total. The minimum absolute atomic E-state index is 0.240. The van der Waals surface area contributed by atoms with E-state index in [9.17, 15) is 14.4 Å². The third-order valence-electron chi connectivity index (χ3n) is 2.66. The Balaban J connectivity index is 2.77. The van der Waals surface area contributed by atoms with Gasteiger partial charge in [-0.25, -0.2) is 4.79 Å². The Bertz CT molecular complexity index is 533. The first-order chi connectivity index (χ1) is 9.93. The van der Waals surface area contributed by atoms with Crippen LogP contribution in [0.15, 0.2) is 24.3 Å². The van der Waals surface area contributed by atoms with Crippen molar-refractivity contribution >= 4 is 35.2 Å². The quantitative estimate of drug-likeness (QED) is 0.710. The van der Waals surface area contributed by atoms with Gasteiger partial charge in [0, 0.05) is 18.2 Å². The highest BCUT2D eigenvalue weighted by molar-refractivity contribution is 7.98. The molecule has 0 aromatic heterocycles. The first kappa shape index (κ1) is 17.0. The van der Waals surface area contributed by atoms with Gasteiger partial charge in [-0.3, -0.25) is 9.59 Å². The van der Waals surface area contributed by atoms with Gasteiger partial charge < -0.3 is 15.7 Å². The maximum Gasteiger partial charge on any atom is 0.326 e. The van der Waals surface area contributed by atoms with Gasteiger partial charge in [0.25, 0.3) is 5.91 Å². The lowest BCUT2D eigenvalue weighted by Gasteiger charge is -2.14. The first-order valence-corrected chi connectivity index (χ1v) is 7.73. The maximum atomic E-state index is 12.1. The van der Waals surface area contributed by atoms with Crippen molar-refractivity contribution < 1.29 is 19.5 Å². The van der Waals surface area contributed by atoms with Gasteiger partial charge in [-0.2, -0.15) is 11.8 Å². The normalized spacial score (nSPS) is 11.5. The third-order valence-corrected chi connectivity index (χ3v) is 3.30. The summed E-state index contributed by atoms with van der Waals surface area (Å²) in [5.41, 5.74) is 0.794. The lowest BCUT2D eigenvalue weighted by molar-refractivity contribution is -0.139. The molecule has 1 aromatic rings. The number of nitrogens with one attached hydrogen (secondary N) is 2. The average molecular weight is 310 g/mol. The zero-order valence-electron chi connectivity index (χ0n) is 11.9. The lowest BCUT2D eigenvalue weighted by atomic mass is 10.1. The number of anilines is 1. The molecule has 21 heavy (non-hydrogen) atoms. The molecule has 114 valence electrons. The molecule has 0 heterocycles. The number of thioether (sulfide) groups is 1. The van der Waals surface area contributed by atoms with Crippen LogP contribution in [0.3, 0.4) is 0 Å². The van der Waals surface area contributed by atoms with E-state index in [-0.39, 0.29) is 5.91 Å². The summed E-state index contributed by atoms with van der Waals surface area (Å²) in [5.74, 6) is -1.13. The van der Waals surface area contributed by atoms with Crippen LogP contribution in [0.1, 0.15) is 23.7 Å². The SMILES string of the molecule is CSCC[C@@H](NC(=O)c1cccc(NC(C)=O)c1)C(=O)O. The van der Waals surface area contributed by atoms with Crippen LogP contribution in [0.25, 0.3) is 0 Å². The number of benzene rings is 1. The highest BCUT2D eigenvalue weighted by atomic mass is 32.2. The largest absolute Gasteiger partial charge is 0.480 e. The molecule has 2 amide bonds. The standard InChI is InChI=1S/C14H18N2O4S/c1-9(17)15-11-5-3-4-10(8-11)13(18)16-12(14(19)20)6-7-21-2/h3-5,8,12H,6-7H2,1-2H3,(H,15,17)(H,16,18)(H,19,20)/t12-/m1/s1. The average Bonchev–Trinajstić information content (AvgIpc) is 2.42. The van der Waals surface area contributed by atoms with E-state index in [1.54, 1.807) is 18.2 Å². The summed E-state index contributed by atoms with van der Waals surface area (Å²) in [4.78, 5) is 34.2. The Hall–Kier alpha value is -2.02. The van der Waals surface area contributed by atoms with E-state index in [1.165, 1.54) is 24.8 Å². The molecule has 0 unspecified atom stereocenters. The molecule has 0 aliphatic carbocycles. The van der Waals surface area contributed by atoms with Crippen molar-refractivity contribution in [3.05, 3.63) is 29.8 Å². The number of rotatable bonds is 7. The van der Waals surface area contributed by atoms with E-state index in [1.807, 2.05) is 6.26 Å². The number of hydrogen-bond donors (Lipinski definition) is 3. The highest BCUT2D eigenvalue weighted by Crippen LogP contribution is 2.11. The number of amides is 2. The second-order valence-corrected chi connectivity index (χ2v) is 5.39. The fraction of sp³-hybridized carbons (Fsp3) is 0.357. The molecule has 1 atom stereocenters. The molecule has 0 fully saturated rings. The minimum atomic E-state index is -1.06. The summed E-state index contributed by atoms with van der Waals surface area (Å²) in [6.07, 6.45) is 2.23. The molecule has 0 bridgehead atoms. The number of hydrogen-bond acceptors (Lipinski definition) is 4. The van der Waals surface area contributed by atoms with Gasteiger partial charge >= 0.3 is 5.97 Å². The highest BCUT2D eigenvalue weighted by Gasteiger charge is 2.20. The molecular formula is C14H18N2O4S. The predicted octanol–water partition coefficient (Wildman–Crippen LogP) is 1.58. The fourth-order valence-electron chi connectivity index (χ4n) is 1.68. The van der Waals surface area contributed by atoms with Crippen LogP contribution >= 0.6 is 11.8 Å². The van der Waals surface area contributed by atoms with Crippen molar-refractivity contribution in [2.75, 3.05) is 17.3 Å². The second-order valence-electron chi connectivity index (χ2n) is 4.41. The third kappa shape index (κ3) is 5.86. The molecule has 0 spiro atoms. The van der Waals surface area contributed by atoms with Gasteiger partial charge in [0.2, 0.25) is 5.91 Å². The van der Waals surface area contributed by atoms with Gasteiger partial charge in [-0.15, -0.1) is 0 Å². The number of carbonyl (C=O) groups is 3. The van der Waals surface area contributed by atoms with E-state index in [0.29, 0.717) is 23.4 Å². The predicted molar refractivity (Wildman–Crippen MR) is 82.6 cm³/mol. The maximum absolute atomic E-state index is 12.1. The van der Waals surface area contributed by atoms with Crippen molar-refractivity contribution in [2.45, 2.75) is 19.4 Å². The Morgan fingerprint density at radius 3 is 2.62 bits per heavy atom. The Morgan fingerprint density at radius 2 is 2.05 bits per heavy atom. The molecule has 0 saturated carbocycles. The topological polar surface area (TPSA) is 95.5 Å². The van der Waals surface area contributed by atoms with E-state index < -0.39 is 17.9 Å². The van der Waals surface area contributed by atoms with E-state index in [4.69, 9.17) is 5.11 Å². The van der Waals surface area contributed by atoms with Gasteiger partial charge in [0.05, 0.1) is 0 Å². The minimum Gasteiger partial charge on any atom is -0.480 e. The first-order valence-electron chi connectivity index (χ1n) is 6.34. The Morgan fingerprint density at radius 1 is 1.33 bits per heavy atom. The van der Waals surface area contributed by atoms with Crippen molar-refractivity contribution in [1.82, 2.24) is 5.32 Å². The molecule has 7 heteroatoms. The summed E-state index contributed by atoms with van der Waals surface area (Å²) in [6.45, 7) is 1.37. The van der Waals surface area contributed by atoms with Gasteiger partial charge in [0.1, 0.15) is 6.04 Å². The zero-order chi connectivity index (χ0) is 15.8. The molecule has 0 radical (unpaired) electrons. The van der Waals surface area contributed by atoms with Gasteiger partial charge in [-0.1, -0.05) is 6.07 Å². The van der Waals surface area contributed by atoms with Gasteiger partial charge in [-0.05, 0) is 36.6 Å². The van der Waals surface area contributed by atoms with Crippen LogP contribution in [-0.4, -0.2) is 40.9 Å². The van der Waals surface area contributed by atoms with E-state index in [0.717, 1.165) is 0 Å². The summed E-state index contributed by atoms with van der Waals surface area (Å²) in [7, 11) is 0. The van der Waals surface area contributed by atoms with Crippen LogP contribution < -0.4 is 10.6 Å². The van der Waals surface area contributed by atoms with Crippen LogP contribution in [0.4, 0.5) is 5.69 Å². The summed E-state index contributed by atoms with van der Waals surface area (Å²) in [6, 6.07) is 5.42. The van der Waals surface area contributed by atoms with Crippen molar-refractivity contribution in [2.24, 2.45) is 0 Å².